The van der Waals surface area contributed by atoms with E-state index in [2.05, 4.69) is 4.74 Å². The van der Waals surface area contributed by atoms with Crippen LogP contribution in [-0.4, -0.2) is 25.5 Å². The summed E-state index contributed by atoms with van der Waals surface area (Å²) in [5.74, 6) is -1.40. The highest BCUT2D eigenvalue weighted by atomic mass is 19.1. The van der Waals surface area contributed by atoms with E-state index in [9.17, 15) is 14.0 Å². The van der Waals surface area contributed by atoms with E-state index in [1.165, 1.54) is 26.3 Å². The molecule has 2 radical (unpaired) electrons. The number of carbonyl (C=O) groups excluding carboxylic acids is 1. The average Bonchev–Trinajstić information content (AvgIpc) is 2.38. The molecule has 6 heteroatoms. The van der Waals surface area contributed by atoms with E-state index in [1.54, 1.807) is 11.6 Å². The second-order valence-corrected chi connectivity index (χ2v) is 4.27. The number of fused-ring (bicyclic) bond motifs is 1. The molecule has 0 N–H and O–H groups in total. The number of carbonyl (C=O) groups is 1. The number of benzene rings is 1. The summed E-state index contributed by atoms with van der Waals surface area (Å²) in [6.45, 7) is 1.45. The predicted molar refractivity (Wildman–Crippen MR) is 70.6 cm³/mol. The molecule has 1 aromatic heterocycles. The van der Waals surface area contributed by atoms with Gasteiger partial charge in [-0.05, 0) is 18.6 Å². The molecule has 0 aliphatic carbocycles. The van der Waals surface area contributed by atoms with E-state index in [-0.39, 0.29) is 22.0 Å². The van der Waals surface area contributed by atoms with Crippen LogP contribution in [0, 0.1) is 12.7 Å². The minimum atomic E-state index is -0.751. The van der Waals surface area contributed by atoms with E-state index in [0.29, 0.717) is 5.52 Å². The van der Waals surface area contributed by atoms with E-state index >= 15 is 0 Å². The Hall–Kier alpha value is -2.11. The van der Waals surface area contributed by atoms with Crippen LogP contribution in [0.1, 0.15) is 15.9 Å². The number of halogens is 1. The number of esters is 1. The predicted octanol–water partition coefficient (Wildman–Crippen LogP) is 0.566. The van der Waals surface area contributed by atoms with Gasteiger partial charge in [-0.1, -0.05) is 5.46 Å². The largest absolute Gasteiger partial charge is 0.465 e. The van der Waals surface area contributed by atoms with Crippen molar-refractivity contribution in [3.05, 3.63) is 39.4 Å². The van der Waals surface area contributed by atoms with E-state index < -0.39 is 17.2 Å². The van der Waals surface area contributed by atoms with Gasteiger partial charge in [0.2, 0.25) is 5.43 Å². The number of nitrogens with zero attached hydrogens (tertiary/aromatic N) is 1. The third kappa shape index (κ3) is 1.93. The molecule has 0 aliphatic rings. The Morgan fingerprint density at radius 3 is 2.68 bits per heavy atom. The van der Waals surface area contributed by atoms with Gasteiger partial charge in [0, 0.05) is 13.2 Å². The van der Waals surface area contributed by atoms with Crippen molar-refractivity contribution in [2.75, 3.05) is 7.11 Å². The molecule has 2 aromatic rings. The summed E-state index contributed by atoms with van der Waals surface area (Å²) in [5, 5.41) is 0.136. The van der Waals surface area contributed by atoms with Gasteiger partial charge >= 0.3 is 5.97 Å². The van der Waals surface area contributed by atoms with Gasteiger partial charge in [0.1, 0.15) is 19.2 Å². The third-order valence-corrected chi connectivity index (χ3v) is 3.09. The summed E-state index contributed by atoms with van der Waals surface area (Å²) < 4.78 is 19.9. The second kappa shape index (κ2) is 4.53. The monoisotopic (exact) mass is 259 g/mol. The number of rotatable bonds is 1. The molecule has 1 heterocycles. The Balaban J connectivity index is 3.01. The van der Waals surface area contributed by atoms with Crippen LogP contribution < -0.4 is 10.9 Å². The minimum absolute atomic E-state index is 0.0363. The molecule has 0 atom stereocenters. The molecule has 1 aromatic carbocycles. The van der Waals surface area contributed by atoms with Crippen molar-refractivity contribution in [3.8, 4) is 0 Å². The summed E-state index contributed by atoms with van der Waals surface area (Å²) in [6, 6.07) is 1.38. The SMILES string of the molecule is [B]c1cc2c(c(C)c1F)c(=O)c(C(=O)OC)cn2C. The van der Waals surface area contributed by atoms with Crippen molar-refractivity contribution in [1.29, 1.82) is 0 Å². The number of pyridine rings is 1. The van der Waals surface area contributed by atoms with Crippen molar-refractivity contribution >= 4 is 30.2 Å². The molecule has 0 spiro atoms. The summed E-state index contributed by atoms with van der Waals surface area (Å²) >= 11 is 0. The first-order chi connectivity index (χ1) is 8.88. The molecule has 2 rings (SSSR count). The van der Waals surface area contributed by atoms with Gasteiger partial charge in [0.15, 0.2) is 0 Å². The van der Waals surface area contributed by atoms with Crippen LogP contribution in [0.4, 0.5) is 4.39 Å². The maximum Gasteiger partial charge on any atom is 0.343 e. The lowest BCUT2D eigenvalue weighted by Gasteiger charge is -2.12. The Morgan fingerprint density at radius 2 is 2.11 bits per heavy atom. The quantitative estimate of drug-likeness (QED) is 0.555. The topological polar surface area (TPSA) is 48.3 Å². The number of aromatic nitrogens is 1. The summed E-state index contributed by atoms with van der Waals surface area (Å²) in [5.41, 5.74) is -0.137. The Kier molecular flexibility index (Phi) is 3.18. The van der Waals surface area contributed by atoms with Crippen LogP contribution >= 0.6 is 0 Å². The second-order valence-electron chi connectivity index (χ2n) is 4.27. The number of hydrogen-bond acceptors (Lipinski definition) is 3. The highest BCUT2D eigenvalue weighted by molar-refractivity contribution is 6.33. The maximum absolute atomic E-state index is 13.8. The van der Waals surface area contributed by atoms with Gasteiger partial charge in [-0.25, -0.2) is 9.18 Å². The van der Waals surface area contributed by atoms with E-state index in [0.717, 1.165) is 0 Å². The van der Waals surface area contributed by atoms with Crippen LogP contribution in [0.15, 0.2) is 17.1 Å². The molecule has 4 nitrogen and oxygen atoms in total. The number of aryl methyl sites for hydroxylation is 2. The van der Waals surface area contributed by atoms with Crippen molar-refractivity contribution in [1.82, 2.24) is 4.57 Å². The summed E-state index contributed by atoms with van der Waals surface area (Å²) in [7, 11) is 8.37. The molecule has 0 fully saturated rings. The van der Waals surface area contributed by atoms with Crippen molar-refractivity contribution in [2.45, 2.75) is 6.92 Å². The smallest absolute Gasteiger partial charge is 0.343 e. The van der Waals surface area contributed by atoms with Gasteiger partial charge in [0.05, 0.1) is 18.0 Å². The lowest BCUT2D eigenvalue weighted by molar-refractivity contribution is 0.0598. The molecular formula is C13H11BFNO3. The zero-order valence-corrected chi connectivity index (χ0v) is 10.8. The van der Waals surface area contributed by atoms with Crippen LogP contribution in [0.5, 0.6) is 0 Å². The van der Waals surface area contributed by atoms with E-state index in [4.69, 9.17) is 7.85 Å². The lowest BCUT2D eigenvalue weighted by Crippen LogP contribution is -2.22. The first-order valence-electron chi connectivity index (χ1n) is 5.54. The Bertz CT molecular complexity index is 752. The number of methoxy groups -OCH3 is 1. The average molecular weight is 259 g/mol. The van der Waals surface area contributed by atoms with Crippen LogP contribution in [-0.2, 0) is 11.8 Å². The summed E-state index contributed by atoms with van der Waals surface area (Å²) in [6.07, 6.45) is 1.35. The minimum Gasteiger partial charge on any atom is -0.465 e. The molecule has 0 saturated heterocycles. The van der Waals surface area contributed by atoms with Crippen molar-refractivity contribution < 1.29 is 13.9 Å². The number of ether oxygens (including phenoxy) is 1. The normalized spacial score (nSPS) is 10.7. The first-order valence-corrected chi connectivity index (χ1v) is 5.54. The lowest BCUT2D eigenvalue weighted by atomic mass is 9.90. The van der Waals surface area contributed by atoms with Gasteiger partial charge in [-0.3, -0.25) is 4.79 Å². The molecule has 0 aliphatic heterocycles. The summed E-state index contributed by atoms with van der Waals surface area (Å²) in [4.78, 5) is 23.8. The fourth-order valence-corrected chi connectivity index (χ4v) is 2.08. The third-order valence-electron chi connectivity index (χ3n) is 3.09. The van der Waals surface area contributed by atoms with Crippen LogP contribution in [0.3, 0.4) is 0 Å². The van der Waals surface area contributed by atoms with Crippen LogP contribution in [0.2, 0.25) is 0 Å². The van der Waals surface area contributed by atoms with Crippen LogP contribution in [0.25, 0.3) is 10.9 Å². The fourth-order valence-electron chi connectivity index (χ4n) is 2.08. The molecule has 0 amide bonds. The molecule has 0 unspecified atom stereocenters. The van der Waals surface area contributed by atoms with Gasteiger partial charge < -0.3 is 9.30 Å². The molecular weight excluding hydrogens is 248 g/mol. The van der Waals surface area contributed by atoms with E-state index in [1.807, 2.05) is 0 Å². The zero-order valence-electron chi connectivity index (χ0n) is 10.8. The molecule has 0 bridgehead atoms. The maximum atomic E-state index is 13.8. The highest BCUT2D eigenvalue weighted by Gasteiger charge is 2.18. The van der Waals surface area contributed by atoms with Gasteiger partial charge in [0.25, 0.3) is 0 Å². The van der Waals surface area contributed by atoms with Crippen molar-refractivity contribution in [3.63, 3.8) is 0 Å². The molecule has 96 valence electrons. The van der Waals surface area contributed by atoms with Crippen molar-refractivity contribution in [2.24, 2.45) is 7.05 Å². The molecule has 19 heavy (non-hydrogen) atoms. The fraction of sp³-hybridized carbons (Fsp3) is 0.231. The Morgan fingerprint density at radius 1 is 1.47 bits per heavy atom. The highest BCUT2D eigenvalue weighted by Crippen LogP contribution is 2.17. The Labute approximate surface area is 110 Å². The van der Waals surface area contributed by atoms with Gasteiger partial charge in [-0.15, -0.1) is 0 Å². The first kappa shape index (κ1) is 13.3. The van der Waals surface area contributed by atoms with Gasteiger partial charge in [-0.2, -0.15) is 0 Å². The standard InChI is InChI=1S/C13H11BFNO3/c1-6-10-9(4-8(14)11(6)15)16(2)5-7(12(10)17)13(18)19-3/h4-5H,1-3H3. The zero-order chi connectivity index (χ0) is 14.3. The molecule has 0 saturated carbocycles. The number of hydrogen-bond donors (Lipinski definition) is 0.